The van der Waals surface area contributed by atoms with Gasteiger partial charge in [-0.25, -0.2) is 14.2 Å². The molecule has 0 bridgehead atoms. The van der Waals surface area contributed by atoms with Crippen LogP contribution in [0.25, 0.3) is 0 Å². The van der Waals surface area contributed by atoms with E-state index in [-0.39, 0.29) is 24.6 Å². The van der Waals surface area contributed by atoms with Crippen molar-refractivity contribution < 1.29 is 19.0 Å². The largest absolute Gasteiger partial charge is 0.444 e. The number of alkyl halides is 1. The molecule has 0 aromatic carbocycles. The van der Waals surface area contributed by atoms with Gasteiger partial charge in [-0.3, -0.25) is 0 Å². The van der Waals surface area contributed by atoms with E-state index >= 15 is 0 Å². The number of likely N-dealkylation sites (tertiary alicyclic amines) is 1. The van der Waals surface area contributed by atoms with Gasteiger partial charge < -0.3 is 20.5 Å². The Hall–Kier alpha value is -1.41. The van der Waals surface area contributed by atoms with E-state index in [1.807, 2.05) is 0 Å². The number of anilines is 1. The first kappa shape index (κ1) is 16.0. The topological polar surface area (TPSA) is 88.7 Å². The summed E-state index contributed by atoms with van der Waals surface area (Å²) in [5.74, 6) is 0. The van der Waals surface area contributed by atoms with Gasteiger partial charge in [-0.05, 0) is 20.8 Å². The minimum Gasteiger partial charge on any atom is -0.444 e. The molecule has 21 heavy (non-hydrogen) atoms. The molecule has 1 unspecified atom stereocenters. The SMILES string of the molecule is CC(C)(C)OC(=O)N1CCC(O)(c2cnc(N)s2)[C@@H](F)C1. The average molecular weight is 317 g/mol. The van der Waals surface area contributed by atoms with Crippen LogP contribution in [0.5, 0.6) is 0 Å². The molecule has 118 valence electrons. The number of aliphatic hydroxyl groups is 1. The lowest BCUT2D eigenvalue weighted by Gasteiger charge is -2.40. The van der Waals surface area contributed by atoms with Crippen LogP contribution >= 0.6 is 11.3 Å². The number of rotatable bonds is 1. The average Bonchev–Trinajstić information content (AvgIpc) is 2.78. The van der Waals surface area contributed by atoms with Gasteiger partial charge >= 0.3 is 6.09 Å². The number of halogens is 1. The van der Waals surface area contributed by atoms with Crippen LogP contribution in [0.2, 0.25) is 0 Å². The molecular weight excluding hydrogens is 297 g/mol. The number of carbonyl (C=O) groups excluding carboxylic acids is 1. The van der Waals surface area contributed by atoms with Crippen LogP contribution < -0.4 is 5.73 Å². The van der Waals surface area contributed by atoms with Gasteiger partial charge in [0.25, 0.3) is 0 Å². The first-order chi connectivity index (χ1) is 9.62. The summed E-state index contributed by atoms with van der Waals surface area (Å²) in [7, 11) is 0. The fourth-order valence-electron chi connectivity index (χ4n) is 2.16. The molecule has 0 radical (unpaired) electrons. The lowest BCUT2D eigenvalue weighted by Crippen LogP contribution is -2.53. The summed E-state index contributed by atoms with van der Waals surface area (Å²) < 4.78 is 19.6. The Kier molecular flexibility index (Phi) is 4.12. The Morgan fingerprint density at radius 1 is 1.67 bits per heavy atom. The normalized spacial score (nSPS) is 26.7. The fourth-order valence-corrected chi connectivity index (χ4v) is 3.00. The van der Waals surface area contributed by atoms with Gasteiger partial charge in [-0.2, -0.15) is 0 Å². The summed E-state index contributed by atoms with van der Waals surface area (Å²) in [5, 5.41) is 10.8. The number of nitrogens with zero attached hydrogens (tertiary/aromatic N) is 2. The second-order valence-corrected chi connectivity index (χ2v) is 7.19. The Morgan fingerprint density at radius 2 is 2.33 bits per heavy atom. The maximum atomic E-state index is 14.4. The Balaban J connectivity index is 2.07. The molecule has 1 fully saturated rings. The van der Waals surface area contributed by atoms with Crippen molar-refractivity contribution in [2.45, 2.75) is 44.6 Å². The van der Waals surface area contributed by atoms with E-state index in [2.05, 4.69) is 4.98 Å². The minimum absolute atomic E-state index is 0.0784. The van der Waals surface area contributed by atoms with E-state index in [1.165, 1.54) is 11.1 Å². The molecule has 2 heterocycles. The Bertz CT molecular complexity index is 531. The lowest BCUT2D eigenvalue weighted by molar-refractivity contribution is -0.0885. The van der Waals surface area contributed by atoms with Gasteiger partial charge in [0.05, 0.1) is 11.4 Å². The summed E-state index contributed by atoms with van der Waals surface area (Å²) in [6.45, 7) is 5.24. The number of thiazole rings is 1. The number of ether oxygens (including phenoxy) is 1. The summed E-state index contributed by atoms with van der Waals surface area (Å²) in [4.78, 5) is 17.4. The smallest absolute Gasteiger partial charge is 0.410 e. The highest BCUT2D eigenvalue weighted by atomic mass is 32.1. The van der Waals surface area contributed by atoms with Gasteiger partial charge in [0.2, 0.25) is 0 Å². The summed E-state index contributed by atoms with van der Waals surface area (Å²) in [6.07, 6.45) is -0.722. The third kappa shape index (κ3) is 3.44. The molecule has 0 spiro atoms. The zero-order chi connectivity index (χ0) is 15.8. The zero-order valence-corrected chi connectivity index (χ0v) is 13.1. The van der Waals surface area contributed by atoms with E-state index in [4.69, 9.17) is 10.5 Å². The van der Waals surface area contributed by atoms with Gasteiger partial charge in [-0.15, -0.1) is 0 Å². The molecule has 1 aromatic rings. The standard InChI is InChI=1S/C13H20FN3O3S/c1-12(2,3)20-11(18)17-5-4-13(19,8(14)7-17)9-6-16-10(15)21-9/h6,8,19H,4-5,7H2,1-3H3,(H2,15,16)/t8-,13?/m0/s1. The maximum absolute atomic E-state index is 14.4. The molecule has 8 heteroatoms. The molecular formula is C13H20FN3O3S. The van der Waals surface area contributed by atoms with Crippen molar-refractivity contribution in [3.05, 3.63) is 11.1 Å². The quantitative estimate of drug-likeness (QED) is 0.826. The van der Waals surface area contributed by atoms with Crippen LogP contribution in [0, 0.1) is 0 Å². The first-order valence-electron chi connectivity index (χ1n) is 6.68. The first-order valence-corrected chi connectivity index (χ1v) is 7.49. The highest BCUT2D eigenvalue weighted by Crippen LogP contribution is 2.38. The zero-order valence-electron chi connectivity index (χ0n) is 12.3. The van der Waals surface area contributed by atoms with Gasteiger partial charge in [0.15, 0.2) is 11.3 Å². The number of nitrogen functional groups attached to an aromatic ring is 1. The lowest BCUT2D eigenvalue weighted by atomic mass is 9.88. The summed E-state index contributed by atoms with van der Waals surface area (Å²) in [5.41, 5.74) is 3.24. The van der Waals surface area contributed by atoms with Gasteiger partial charge in [-0.1, -0.05) is 11.3 Å². The van der Waals surface area contributed by atoms with E-state index in [1.54, 1.807) is 20.8 Å². The number of nitrogens with two attached hydrogens (primary N) is 1. The van der Waals surface area contributed by atoms with Crippen molar-refractivity contribution in [2.24, 2.45) is 0 Å². The van der Waals surface area contributed by atoms with Crippen LogP contribution in [0.4, 0.5) is 14.3 Å². The number of amides is 1. The van der Waals surface area contributed by atoms with Crippen molar-refractivity contribution in [2.75, 3.05) is 18.8 Å². The second-order valence-electron chi connectivity index (χ2n) is 6.13. The third-order valence-electron chi connectivity index (χ3n) is 3.26. The molecule has 1 aromatic heterocycles. The van der Waals surface area contributed by atoms with Crippen molar-refractivity contribution in [3.8, 4) is 0 Å². The molecule has 0 aliphatic carbocycles. The predicted molar refractivity (Wildman–Crippen MR) is 77.7 cm³/mol. The summed E-state index contributed by atoms with van der Waals surface area (Å²) >= 11 is 1.06. The van der Waals surface area contributed by atoms with E-state index in [0.29, 0.717) is 4.88 Å². The highest BCUT2D eigenvalue weighted by molar-refractivity contribution is 7.15. The predicted octanol–water partition coefficient (Wildman–Crippen LogP) is 1.89. The van der Waals surface area contributed by atoms with Crippen LogP contribution in [0.15, 0.2) is 6.20 Å². The fraction of sp³-hybridized carbons (Fsp3) is 0.692. The molecule has 2 rings (SSSR count). The van der Waals surface area contributed by atoms with Crippen LogP contribution in [0.3, 0.4) is 0 Å². The molecule has 1 amide bonds. The van der Waals surface area contributed by atoms with Gasteiger partial charge in [0, 0.05) is 19.2 Å². The van der Waals surface area contributed by atoms with Crippen molar-refractivity contribution in [1.29, 1.82) is 0 Å². The van der Waals surface area contributed by atoms with Crippen molar-refractivity contribution in [1.82, 2.24) is 9.88 Å². The van der Waals surface area contributed by atoms with E-state index in [0.717, 1.165) is 11.3 Å². The maximum Gasteiger partial charge on any atom is 0.410 e. The molecule has 6 nitrogen and oxygen atoms in total. The molecule has 3 N–H and O–H groups in total. The number of carbonyl (C=O) groups is 1. The molecule has 1 aliphatic heterocycles. The number of piperidine rings is 1. The number of aromatic nitrogens is 1. The number of hydrogen-bond acceptors (Lipinski definition) is 6. The Labute approximate surface area is 126 Å². The van der Waals surface area contributed by atoms with Gasteiger partial charge in [0.1, 0.15) is 11.2 Å². The van der Waals surface area contributed by atoms with Crippen LogP contribution in [-0.2, 0) is 10.3 Å². The van der Waals surface area contributed by atoms with Crippen molar-refractivity contribution >= 4 is 22.6 Å². The van der Waals surface area contributed by atoms with E-state index in [9.17, 15) is 14.3 Å². The van der Waals surface area contributed by atoms with Crippen molar-refractivity contribution in [3.63, 3.8) is 0 Å². The Morgan fingerprint density at radius 3 is 2.81 bits per heavy atom. The summed E-state index contributed by atoms with van der Waals surface area (Å²) in [6, 6.07) is 0. The van der Waals surface area contributed by atoms with Crippen LogP contribution in [-0.4, -0.2) is 45.9 Å². The monoisotopic (exact) mass is 317 g/mol. The molecule has 1 saturated heterocycles. The second kappa shape index (κ2) is 5.42. The highest BCUT2D eigenvalue weighted by Gasteiger charge is 2.46. The third-order valence-corrected chi connectivity index (χ3v) is 4.26. The minimum atomic E-state index is -1.65. The number of hydrogen-bond donors (Lipinski definition) is 2. The van der Waals surface area contributed by atoms with E-state index < -0.39 is 23.5 Å². The molecule has 0 saturated carbocycles. The molecule has 2 atom stereocenters. The molecule has 1 aliphatic rings. The van der Waals surface area contributed by atoms with Crippen LogP contribution in [0.1, 0.15) is 32.1 Å².